The summed E-state index contributed by atoms with van der Waals surface area (Å²) in [4.78, 5) is 19.8. The highest BCUT2D eigenvalue weighted by Crippen LogP contribution is 2.29. The van der Waals surface area contributed by atoms with Gasteiger partial charge in [0.1, 0.15) is 0 Å². The van der Waals surface area contributed by atoms with Gasteiger partial charge in [0.2, 0.25) is 11.9 Å². The molecule has 8 heteroatoms. The summed E-state index contributed by atoms with van der Waals surface area (Å²) in [6, 6.07) is 8.47. The Morgan fingerprint density at radius 2 is 1.56 bits per heavy atom. The number of aromatic nitrogens is 3. The minimum absolute atomic E-state index is 0.0896. The molecular weight excluding hydrogens is 362 g/mol. The molecule has 0 saturated carbocycles. The first-order valence-corrected chi connectivity index (χ1v) is 9.66. The van der Waals surface area contributed by atoms with Crippen molar-refractivity contribution < 1.29 is 0 Å². The van der Waals surface area contributed by atoms with E-state index < -0.39 is 0 Å². The lowest BCUT2D eigenvalue weighted by atomic mass is 10.1. The summed E-state index contributed by atoms with van der Waals surface area (Å²) in [7, 11) is 3.80. The predicted molar refractivity (Wildman–Crippen MR) is 110 cm³/mol. The number of nitrogens with zero attached hydrogens (tertiary/aromatic N) is 6. The number of nitrogen functional groups attached to an aromatic ring is 1. The van der Waals surface area contributed by atoms with Crippen molar-refractivity contribution in [1.29, 1.82) is 0 Å². The van der Waals surface area contributed by atoms with Gasteiger partial charge >= 0.3 is 0 Å². The third kappa shape index (κ3) is 4.48. The Labute approximate surface area is 166 Å². The van der Waals surface area contributed by atoms with Crippen molar-refractivity contribution in [3.63, 3.8) is 0 Å². The molecule has 1 aliphatic rings. The summed E-state index contributed by atoms with van der Waals surface area (Å²) >= 11 is 6.38. The molecule has 1 saturated heterocycles. The van der Waals surface area contributed by atoms with Gasteiger partial charge in [-0.3, -0.25) is 9.80 Å². The highest BCUT2D eigenvalue weighted by Gasteiger charge is 2.27. The van der Waals surface area contributed by atoms with Crippen LogP contribution in [-0.2, 0) is 0 Å². The lowest BCUT2D eigenvalue weighted by Gasteiger charge is -2.40. The molecule has 7 nitrogen and oxygen atoms in total. The Kier molecular flexibility index (Phi) is 6.14. The van der Waals surface area contributed by atoms with E-state index in [1.165, 1.54) is 5.56 Å². The molecule has 0 amide bonds. The number of halogens is 1. The Balaban J connectivity index is 1.66. The molecule has 2 heterocycles. The minimum Gasteiger partial charge on any atom is -0.368 e. The maximum absolute atomic E-state index is 6.38. The topological polar surface area (TPSA) is 74.4 Å². The minimum atomic E-state index is 0.0896. The Hall–Kier alpha value is -1.96. The third-order valence-corrected chi connectivity index (χ3v) is 5.58. The number of nitrogens with two attached hydrogens (primary N) is 1. The van der Waals surface area contributed by atoms with Crippen molar-refractivity contribution >= 4 is 23.5 Å². The number of benzene rings is 1. The Morgan fingerprint density at radius 1 is 0.963 bits per heavy atom. The molecule has 1 aliphatic heterocycles. The molecule has 2 atom stereocenters. The maximum Gasteiger partial charge on any atom is 0.229 e. The molecule has 0 bridgehead atoms. The molecule has 1 fully saturated rings. The van der Waals surface area contributed by atoms with E-state index in [-0.39, 0.29) is 12.0 Å². The first kappa shape index (κ1) is 19.8. The molecule has 146 valence electrons. The number of rotatable bonds is 5. The van der Waals surface area contributed by atoms with Gasteiger partial charge in [0.15, 0.2) is 5.82 Å². The lowest BCUT2D eigenvalue weighted by Crippen LogP contribution is -2.48. The summed E-state index contributed by atoms with van der Waals surface area (Å²) in [5.41, 5.74) is 7.06. The van der Waals surface area contributed by atoms with E-state index in [1.807, 2.05) is 37.2 Å². The molecule has 1 aromatic heterocycles. The second-order valence-corrected chi connectivity index (χ2v) is 7.60. The molecular formula is C19H28ClN7. The standard InChI is InChI=1S/C19H28ClN7/c1-13(15-7-5-6-8-16(15)20)26-9-11-27(12-10-26)14(2)17-22-18(21)24-19(23-17)25(3)4/h5-8,13-14H,9-12H2,1-4H3,(H2,21,22,23,24)/t13-,14+/m1/s1. The SMILES string of the molecule is C[C@H](c1ccccc1Cl)N1CCN([C@@H](C)c2nc(N)nc(N(C)C)n2)CC1. The number of anilines is 2. The van der Waals surface area contributed by atoms with Crippen molar-refractivity contribution in [2.24, 2.45) is 0 Å². The van der Waals surface area contributed by atoms with Crippen molar-refractivity contribution in [2.45, 2.75) is 25.9 Å². The van der Waals surface area contributed by atoms with E-state index in [1.54, 1.807) is 0 Å². The largest absolute Gasteiger partial charge is 0.368 e. The van der Waals surface area contributed by atoms with Gasteiger partial charge in [-0.05, 0) is 25.5 Å². The highest BCUT2D eigenvalue weighted by molar-refractivity contribution is 6.31. The van der Waals surface area contributed by atoms with Gasteiger partial charge in [-0.2, -0.15) is 15.0 Å². The average Bonchev–Trinajstić information content (AvgIpc) is 2.67. The van der Waals surface area contributed by atoms with Gasteiger partial charge in [-0.15, -0.1) is 0 Å². The van der Waals surface area contributed by atoms with Crippen LogP contribution in [0.3, 0.4) is 0 Å². The van der Waals surface area contributed by atoms with Crippen LogP contribution in [0.4, 0.5) is 11.9 Å². The van der Waals surface area contributed by atoms with E-state index in [4.69, 9.17) is 17.3 Å². The van der Waals surface area contributed by atoms with Crippen LogP contribution in [0.5, 0.6) is 0 Å². The Bertz CT molecular complexity index is 774. The van der Waals surface area contributed by atoms with Gasteiger partial charge in [-0.1, -0.05) is 29.8 Å². The number of hydrogen-bond donors (Lipinski definition) is 1. The third-order valence-electron chi connectivity index (χ3n) is 5.23. The van der Waals surface area contributed by atoms with E-state index >= 15 is 0 Å². The second-order valence-electron chi connectivity index (χ2n) is 7.19. The van der Waals surface area contributed by atoms with E-state index in [0.717, 1.165) is 37.0 Å². The number of piperazine rings is 1. The summed E-state index contributed by atoms with van der Waals surface area (Å²) in [6.45, 7) is 8.17. The summed E-state index contributed by atoms with van der Waals surface area (Å²) in [5, 5.41) is 0.831. The molecule has 1 aromatic carbocycles. The molecule has 2 aromatic rings. The molecule has 3 rings (SSSR count). The van der Waals surface area contributed by atoms with E-state index in [2.05, 4.69) is 44.7 Å². The molecule has 0 unspecified atom stereocenters. The van der Waals surface area contributed by atoms with Crippen molar-refractivity contribution in [2.75, 3.05) is 50.9 Å². The van der Waals surface area contributed by atoms with Gasteiger partial charge in [0.05, 0.1) is 6.04 Å². The van der Waals surface area contributed by atoms with Crippen LogP contribution in [0.2, 0.25) is 5.02 Å². The quantitative estimate of drug-likeness (QED) is 0.842. The van der Waals surface area contributed by atoms with Gasteiger partial charge in [0.25, 0.3) is 0 Å². The molecule has 0 aliphatic carbocycles. The summed E-state index contributed by atoms with van der Waals surface area (Å²) in [5.74, 6) is 1.58. The highest BCUT2D eigenvalue weighted by atomic mass is 35.5. The number of hydrogen-bond acceptors (Lipinski definition) is 7. The van der Waals surface area contributed by atoms with Crippen molar-refractivity contribution in [3.05, 3.63) is 40.7 Å². The van der Waals surface area contributed by atoms with Crippen molar-refractivity contribution in [3.8, 4) is 0 Å². The van der Waals surface area contributed by atoms with Crippen LogP contribution in [0, 0.1) is 0 Å². The fourth-order valence-corrected chi connectivity index (χ4v) is 3.76. The maximum atomic E-state index is 6.38. The van der Waals surface area contributed by atoms with Gasteiger partial charge in [-0.25, -0.2) is 0 Å². The fourth-order valence-electron chi connectivity index (χ4n) is 3.47. The zero-order chi connectivity index (χ0) is 19.6. The summed E-state index contributed by atoms with van der Waals surface area (Å²) in [6.07, 6.45) is 0. The van der Waals surface area contributed by atoms with Gasteiger partial charge in [0, 0.05) is 51.3 Å². The fraction of sp³-hybridized carbons (Fsp3) is 0.526. The second kappa shape index (κ2) is 8.37. The summed E-state index contributed by atoms with van der Waals surface area (Å²) < 4.78 is 0. The first-order valence-electron chi connectivity index (χ1n) is 9.28. The van der Waals surface area contributed by atoms with Crippen LogP contribution >= 0.6 is 11.6 Å². The molecule has 2 N–H and O–H groups in total. The van der Waals surface area contributed by atoms with Crippen LogP contribution < -0.4 is 10.6 Å². The van der Waals surface area contributed by atoms with Crippen LogP contribution in [0.1, 0.15) is 37.3 Å². The van der Waals surface area contributed by atoms with Gasteiger partial charge < -0.3 is 10.6 Å². The van der Waals surface area contributed by atoms with Crippen molar-refractivity contribution in [1.82, 2.24) is 24.8 Å². The lowest BCUT2D eigenvalue weighted by molar-refractivity contribution is 0.0758. The molecule has 0 spiro atoms. The Morgan fingerprint density at radius 3 is 2.15 bits per heavy atom. The zero-order valence-corrected chi connectivity index (χ0v) is 17.2. The van der Waals surface area contributed by atoms with Crippen LogP contribution in [0.15, 0.2) is 24.3 Å². The first-order chi connectivity index (χ1) is 12.9. The van der Waals surface area contributed by atoms with E-state index in [0.29, 0.717) is 12.0 Å². The monoisotopic (exact) mass is 389 g/mol. The smallest absolute Gasteiger partial charge is 0.229 e. The van der Waals surface area contributed by atoms with E-state index in [9.17, 15) is 0 Å². The van der Waals surface area contributed by atoms with Crippen LogP contribution in [-0.4, -0.2) is 65.0 Å². The zero-order valence-electron chi connectivity index (χ0n) is 16.4. The average molecular weight is 390 g/mol. The normalized spacial score (nSPS) is 18.3. The molecule has 0 radical (unpaired) electrons. The van der Waals surface area contributed by atoms with Crippen LogP contribution in [0.25, 0.3) is 0 Å². The molecule has 27 heavy (non-hydrogen) atoms. The predicted octanol–water partition coefficient (Wildman–Crippen LogP) is 2.61.